The van der Waals surface area contributed by atoms with E-state index in [1.807, 2.05) is 0 Å². The number of carbonyl (C=O) groups excluding carboxylic acids is 2. The van der Waals surface area contributed by atoms with Crippen LogP contribution in [0.4, 0.5) is 0 Å². The molecule has 0 aliphatic carbocycles. The third-order valence-electron chi connectivity index (χ3n) is 9.75. The van der Waals surface area contributed by atoms with E-state index in [9.17, 15) is 9.59 Å². The molecular weight excluding hydrogens is 813 g/mol. The highest BCUT2D eigenvalue weighted by atomic mass is 16.6. The number of rotatable bonds is 44. The number of ether oxygens (including phenoxy) is 3. The minimum absolute atomic E-state index is 0.00817. The summed E-state index contributed by atoms with van der Waals surface area (Å²) in [5.41, 5.74) is 0. The molecule has 0 aromatic carbocycles. The Morgan fingerprint density at radius 2 is 0.636 bits per heavy atom. The summed E-state index contributed by atoms with van der Waals surface area (Å²) in [4.78, 5) is 25.4. The van der Waals surface area contributed by atoms with Gasteiger partial charge in [-0.25, -0.2) is 0 Å². The van der Waals surface area contributed by atoms with Crippen LogP contribution in [0.15, 0.2) is 170 Å². The summed E-state index contributed by atoms with van der Waals surface area (Å²) in [5.74, 6) is -0.541. The van der Waals surface area contributed by atoms with Crippen molar-refractivity contribution >= 4 is 11.9 Å². The Labute approximate surface area is 405 Å². The van der Waals surface area contributed by atoms with E-state index in [0.717, 1.165) is 141 Å². The fraction of sp³-hybridized carbons (Fsp3) is 0.508. The van der Waals surface area contributed by atoms with Crippen LogP contribution in [0.3, 0.4) is 0 Å². The minimum atomic E-state index is -0.625. The van der Waals surface area contributed by atoms with Crippen LogP contribution in [-0.2, 0) is 23.8 Å². The maximum atomic E-state index is 12.8. The van der Waals surface area contributed by atoms with Crippen LogP contribution in [0, 0.1) is 0 Å². The highest BCUT2D eigenvalue weighted by Crippen LogP contribution is 2.09. The van der Waals surface area contributed by atoms with Crippen LogP contribution >= 0.6 is 0 Å². The van der Waals surface area contributed by atoms with Crippen LogP contribution in [0.5, 0.6) is 0 Å². The van der Waals surface area contributed by atoms with Crippen molar-refractivity contribution in [2.24, 2.45) is 0 Å². The van der Waals surface area contributed by atoms with E-state index >= 15 is 0 Å². The van der Waals surface area contributed by atoms with E-state index in [1.165, 1.54) is 0 Å². The number of allylic oxidation sites excluding steroid dienone is 27. The van der Waals surface area contributed by atoms with Crippen LogP contribution in [0.25, 0.3) is 0 Å². The maximum Gasteiger partial charge on any atom is 0.306 e. The first-order valence-corrected chi connectivity index (χ1v) is 25.7. The molecule has 0 bridgehead atoms. The largest absolute Gasteiger partial charge is 0.462 e. The van der Waals surface area contributed by atoms with Crippen LogP contribution in [0.2, 0.25) is 0 Å². The summed E-state index contributed by atoms with van der Waals surface area (Å²) < 4.78 is 17.2. The number of unbranched alkanes of at least 4 members (excludes halogenated alkanes) is 5. The van der Waals surface area contributed by atoms with Gasteiger partial charge in [-0.05, 0) is 135 Å². The van der Waals surface area contributed by atoms with Gasteiger partial charge >= 0.3 is 11.9 Å². The van der Waals surface area contributed by atoms with Gasteiger partial charge < -0.3 is 14.2 Å². The lowest BCUT2D eigenvalue weighted by atomic mass is 10.1. The van der Waals surface area contributed by atoms with Gasteiger partial charge in [0.05, 0.1) is 13.2 Å². The lowest BCUT2D eigenvalue weighted by molar-refractivity contribution is -0.162. The summed E-state index contributed by atoms with van der Waals surface area (Å²) in [6, 6.07) is 0. The predicted octanol–water partition coefficient (Wildman–Crippen LogP) is 17.7. The van der Waals surface area contributed by atoms with E-state index in [2.05, 4.69) is 191 Å². The van der Waals surface area contributed by atoms with Gasteiger partial charge in [-0.3, -0.25) is 9.59 Å². The minimum Gasteiger partial charge on any atom is -0.462 e. The topological polar surface area (TPSA) is 61.8 Å². The molecule has 5 heteroatoms. The molecule has 0 aromatic rings. The van der Waals surface area contributed by atoms with Crippen molar-refractivity contribution in [1.82, 2.24) is 0 Å². The predicted molar refractivity (Wildman–Crippen MR) is 287 cm³/mol. The standard InChI is InChI=1S/C61H92O5/c1-4-7-10-13-16-19-22-25-28-30-31-32-34-36-39-42-45-48-51-54-60(62)65-58-59(57-64-56-53-50-47-44-41-38-35-29-26-23-20-17-14-11-8-5-2)66-61(63)55-52-49-46-43-40-37-33-27-24-21-18-15-12-9-6-3/h7-12,16-21,25-29,31-33,36,38-41,43,47,50,59H,4-6,13-15,22-24,30,34-35,37,42,44-46,48-49,51-58H2,1-3H3/b10-7-,11-8-,12-9-,19-16-,20-17-,21-18-,28-25-,29-26-,32-31-,33-27-,39-36-,41-38-,43-40-,50-47-. The summed E-state index contributed by atoms with van der Waals surface area (Å²) in [7, 11) is 0. The molecule has 0 radical (unpaired) electrons. The van der Waals surface area contributed by atoms with Crippen molar-refractivity contribution in [3.8, 4) is 0 Å². The number of esters is 2. The van der Waals surface area contributed by atoms with Crippen molar-refractivity contribution in [1.29, 1.82) is 0 Å². The quantitative estimate of drug-likeness (QED) is 0.0346. The van der Waals surface area contributed by atoms with E-state index in [-0.39, 0.29) is 25.2 Å². The second-order valence-electron chi connectivity index (χ2n) is 15.9. The van der Waals surface area contributed by atoms with Crippen molar-refractivity contribution in [2.75, 3.05) is 19.8 Å². The lowest BCUT2D eigenvalue weighted by Gasteiger charge is -2.18. The normalized spacial score (nSPS) is 13.7. The molecule has 5 nitrogen and oxygen atoms in total. The zero-order valence-electron chi connectivity index (χ0n) is 41.9. The monoisotopic (exact) mass is 905 g/mol. The first-order chi connectivity index (χ1) is 32.6. The van der Waals surface area contributed by atoms with E-state index in [4.69, 9.17) is 14.2 Å². The van der Waals surface area contributed by atoms with Crippen molar-refractivity contribution in [2.45, 2.75) is 181 Å². The van der Waals surface area contributed by atoms with Crippen LogP contribution in [0.1, 0.15) is 175 Å². The summed E-state index contributed by atoms with van der Waals surface area (Å²) in [6.07, 6.45) is 82.4. The molecule has 1 unspecified atom stereocenters. The number of hydrogen-bond acceptors (Lipinski definition) is 5. The van der Waals surface area contributed by atoms with Crippen LogP contribution in [-0.4, -0.2) is 37.9 Å². The van der Waals surface area contributed by atoms with Gasteiger partial charge in [0, 0.05) is 12.8 Å². The summed E-state index contributed by atoms with van der Waals surface area (Å²) >= 11 is 0. The van der Waals surface area contributed by atoms with Gasteiger partial charge in [-0.1, -0.05) is 197 Å². The first kappa shape index (κ1) is 61.3. The third-order valence-corrected chi connectivity index (χ3v) is 9.75. The molecule has 0 aliphatic rings. The third kappa shape index (κ3) is 51.9. The fourth-order valence-electron chi connectivity index (χ4n) is 6.06. The summed E-state index contributed by atoms with van der Waals surface area (Å²) in [5, 5.41) is 0. The molecule has 0 aliphatic heterocycles. The van der Waals surface area contributed by atoms with Gasteiger partial charge in [0.1, 0.15) is 6.61 Å². The second-order valence-corrected chi connectivity index (χ2v) is 15.9. The second kappa shape index (κ2) is 54.6. The Balaban J connectivity index is 4.55. The number of hydrogen-bond donors (Lipinski definition) is 0. The zero-order chi connectivity index (χ0) is 47.7. The van der Waals surface area contributed by atoms with Gasteiger partial charge in [0.2, 0.25) is 0 Å². The van der Waals surface area contributed by atoms with E-state index in [1.54, 1.807) is 0 Å². The first-order valence-electron chi connectivity index (χ1n) is 25.7. The molecule has 0 N–H and O–H groups in total. The average molecular weight is 905 g/mol. The van der Waals surface area contributed by atoms with Crippen LogP contribution < -0.4 is 0 Å². The highest BCUT2D eigenvalue weighted by molar-refractivity contribution is 5.70. The average Bonchev–Trinajstić information content (AvgIpc) is 3.32. The fourth-order valence-corrected chi connectivity index (χ4v) is 6.06. The molecule has 0 spiro atoms. The zero-order valence-corrected chi connectivity index (χ0v) is 41.9. The van der Waals surface area contributed by atoms with Crippen molar-refractivity contribution < 1.29 is 23.8 Å². The molecule has 0 amide bonds. The Morgan fingerprint density at radius 1 is 0.333 bits per heavy atom. The Kier molecular flexibility index (Phi) is 50.7. The summed E-state index contributed by atoms with van der Waals surface area (Å²) in [6.45, 7) is 7.15. The van der Waals surface area contributed by atoms with E-state index in [0.29, 0.717) is 19.4 Å². The van der Waals surface area contributed by atoms with Crippen molar-refractivity contribution in [3.63, 3.8) is 0 Å². The Bertz CT molecular complexity index is 1540. The molecule has 0 rings (SSSR count). The molecule has 0 saturated carbocycles. The van der Waals surface area contributed by atoms with Gasteiger partial charge in [-0.15, -0.1) is 0 Å². The molecule has 0 heterocycles. The Hall–Kier alpha value is -4.74. The van der Waals surface area contributed by atoms with Gasteiger partial charge in [0.25, 0.3) is 0 Å². The SMILES string of the molecule is CC/C=C\C/C=C\C/C=C\C/C=C\C/C=C\CCCCCC(=O)OCC(COCC/C=C\C/C=C\C/C=C\C/C=C\C/C=C\CC)OC(=O)CCCC/C=C\C/C=C\C/C=C\C/C=C\CC. The Morgan fingerprint density at radius 3 is 1.02 bits per heavy atom. The maximum absolute atomic E-state index is 12.8. The molecule has 66 heavy (non-hydrogen) atoms. The molecule has 0 fully saturated rings. The van der Waals surface area contributed by atoms with Gasteiger partial charge in [-0.2, -0.15) is 0 Å². The molecule has 366 valence electrons. The van der Waals surface area contributed by atoms with Gasteiger partial charge in [0.15, 0.2) is 6.10 Å². The van der Waals surface area contributed by atoms with E-state index < -0.39 is 6.10 Å². The lowest BCUT2D eigenvalue weighted by Crippen LogP contribution is -2.30. The molecule has 1 atom stereocenters. The molecular formula is C61H92O5. The molecule has 0 saturated heterocycles. The highest BCUT2D eigenvalue weighted by Gasteiger charge is 2.17. The van der Waals surface area contributed by atoms with Crippen molar-refractivity contribution in [3.05, 3.63) is 170 Å². The molecule has 0 aromatic heterocycles. The smallest absolute Gasteiger partial charge is 0.306 e. The number of carbonyl (C=O) groups is 2.